The van der Waals surface area contributed by atoms with Crippen molar-refractivity contribution in [1.82, 2.24) is 19.6 Å². The van der Waals surface area contributed by atoms with Gasteiger partial charge in [0, 0.05) is 61.0 Å². The summed E-state index contributed by atoms with van der Waals surface area (Å²) in [6.45, 7) is 8.33. The molecule has 2 N–H and O–H groups in total. The number of piperidine rings is 1. The summed E-state index contributed by atoms with van der Waals surface area (Å²) in [5, 5.41) is 8.07. The summed E-state index contributed by atoms with van der Waals surface area (Å²) in [6.07, 6.45) is 10.4. The van der Waals surface area contributed by atoms with Crippen LogP contribution < -0.4 is 20.1 Å². The Morgan fingerprint density at radius 3 is 2.36 bits per heavy atom. The van der Waals surface area contributed by atoms with Gasteiger partial charge in [-0.25, -0.2) is 9.78 Å². The van der Waals surface area contributed by atoms with Gasteiger partial charge in [-0.05, 0) is 83.9 Å². The van der Waals surface area contributed by atoms with Crippen LogP contribution in [-0.4, -0.2) is 71.9 Å². The molecule has 0 unspecified atom stereocenters. The van der Waals surface area contributed by atoms with Crippen molar-refractivity contribution in [2.45, 2.75) is 77.0 Å². The number of ether oxygens (including phenoxy) is 3. The normalized spacial score (nSPS) is 20.0. The summed E-state index contributed by atoms with van der Waals surface area (Å²) in [7, 11) is 3.22. The van der Waals surface area contributed by atoms with E-state index in [-0.39, 0.29) is 6.09 Å². The average molecular weight is 598 g/mol. The third-order valence-corrected chi connectivity index (χ3v) is 8.56. The molecule has 0 atom stereocenters. The Hall–Kier alpha value is -3.17. The lowest BCUT2D eigenvalue weighted by Gasteiger charge is -2.35. The van der Waals surface area contributed by atoms with Gasteiger partial charge >= 0.3 is 6.09 Å². The monoisotopic (exact) mass is 597 g/mol. The minimum atomic E-state index is -0.444. The molecule has 228 valence electrons. The van der Waals surface area contributed by atoms with Gasteiger partial charge in [-0.1, -0.05) is 11.6 Å². The van der Waals surface area contributed by atoms with Crippen molar-refractivity contribution in [3.8, 4) is 22.8 Å². The maximum absolute atomic E-state index is 12.3. The van der Waals surface area contributed by atoms with E-state index in [2.05, 4.69) is 22.8 Å². The van der Waals surface area contributed by atoms with Crippen molar-refractivity contribution in [3.05, 3.63) is 41.7 Å². The second-order valence-corrected chi connectivity index (χ2v) is 12.9. The fourth-order valence-electron chi connectivity index (χ4n) is 5.92. The molecule has 2 fully saturated rings. The van der Waals surface area contributed by atoms with Crippen LogP contribution in [0.15, 0.2) is 36.7 Å². The number of nitrogens with zero attached hydrogens (tertiary/aromatic N) is 3. The van der Waals surface area contributed by atoms with Crippen LogP contribution in [0.3, 0.4) is 0 Å². The minimum absolute atomic E-state index is 0.186. The Labute approximate surface area is 253 Å². The van der Waals surface area contributed by atoms with Crippen molar-refractivity contribution in [2.75, 3.05) is 39.2 Å². The quantitative estimate of drug-likeness (QED) is 0.301. The molecule has 2 aliphatic rings. The predicted molar refractivity (Wildman–Crippen MR) is 167 cm³/mol. The maximum Gasteiger partial charge on any atom is 0.410 e. The summed E-state index contributed by atoms with van der Waals surface area (Å²) < 4.78 is 18.5. The molecule has 3 aromatic rings. The van der Waals surface area contributed by atoms with E-state index in [0.29, 0.717) is 34.5 Å². The van der Waals surface area contributed by atoms with Crippen molar-refractivity contribution in [2.24, 2.45) is 5.92 Å². The molecule has 10 heteroatoms. The molecule has 1 saturated heterocycles. The standard InChI is InChI=1S/C32H44ClN5O4/c1-32(2,3)42-31(39)37-13-10-21(11-14-37)19-34-22-6-8-23(9-7-22)35-24-12-15-38-20-27(36-30(38)16-24)25-17-26(33)29(41-5)18-28(25)40-4/h12,15-18,20-23,34-35H,6-11,13-14,19H2,1-5H3. The highest BCUT2D eigenvalue weighted by molar-refractivity contribution is 6.32. The molecule has 1 amide bonds. The van der Waals surface area contributed by atoms with E-state index in [4.69, 9.17) is 30.8 Å². The lowest BCUT2D eigenvalue weighted by atomic mass is 9.90. The number of nitrogens with one attached hydrogen (secondary N) is 2. The van der Waals surface area contributed by atoms with Gasteiger partial charge in [-0.3, -0.25) is 0 Å². The van der Waals surface area contributed by atoms with Gasteiger partial charge in [0.2, 0.25) is 0 Å². The molecule has 3 heterocycles. The lowest BCUT2D eigenvalue weighted by molar-refractivity contribution is 0.0183. The molecule has 0 radical (unpaired) electrons. The highest BCUT2D eigenvalue weighted by atomic mass is 35.5. The molecular weight excluding hydrogens is 554 g/mol. The molecule has 1 aliphatic carbocycles. The molecule has 9 nitrogen and oxygen atoms in total. The first-order valence-electron chi connectivity index (χ1n) is 15.0. The van der Waals surface area contributed by atoms with Crippen LogP contribution in [0.25, 0.3) is 16.9 Å². The topological polar surface area (TPSA) is 89.4 Å². The fourth-order valence-corrected chi connectivity index (χ4v) is 6.16. The highest BCUT2D eigenvalue weighted by Gasteiger charge is 2.28. The number of fused-ring (bicyclic) bond motifs is 1. The van der Waals surface area contributed by atoms with E-state index < -0.39 is 5.60 Å². The zero-order valence-corrected chi connectivity index (χ0v) is 26.2. The van der Waals surface area contributed by atoms with E-state index in [1.165, 1.54) is 0 Å². The van der Waals surface area contributed by atoms with Crippen LogP contribution in [-0.2, 0) is 4.74 Å². The Morgan fingerprint density at radius 2 is 1.69 bits per heavy atom. The largest absolute Gasteiger partial charge is 0.496 e. The molecule has 0 spiro atoms. The summed E-state index contributed by atoms with van der Waals surface area (Å²) >= 11 is 6.40. The number of rotatable bonds is 8. The zero-order chi connectivity index (χ0) is 29.9. The van der Waals surface area contributed by atoms with Gasteiger partial charge in [-0.15, -0.1) is 0 Å². The molecule has 1 saturated carbocycles. The molecular formula is C32H44ClN5O4. The highest BCUT2D eigenvalue weighted by Crippen LogP contribution is 2.38. The number of likely N-dealkylation sites (tertiary alicyclic amines) is 1. The SMILES string of the molecule is COc1cc(OC)c(-c2cn3ccc(NC4CCC(NCC5CCN(C(=O)OC(C)(C)C)CC5)CC4)cc3n2)cc1Cl. The summed E-state index contributed by atoms with van der Waals surface area (Å²) in [4.78, 5) is 19.0. The minimum Gasteiger partial charge on any atom is -0.496 e. The second-order valence-electron chi connectivity index (χ2n) is 12.5. The number of amides is 1. The number of benzene rings is 1. The summed E-state index contributed by atoms with van der Waals surface area (Å²) in [5.74, 6) is 1.84. The van der Waals surface area contributed by atoms with E-state index in [0.717, 1.165) is 80.8 Å². The van der Waals surface area contributed by atoms with Crippen molar-refractivity contribution in [1.29, 1.82) is 0 Å². The Balaban J connectivity index is 1.09. The number of hydrogen-bond donors (Lipinski definition) is 2. The Bertz CT molecular complexity index is 1370. The number of carbonyl (C=O) groups excluding carboxylic acids is 1. The molecule has 1 aliphatic heterocycles. The molecule has 5 rings (SSSR count). The van der Waals surface area contributed by atoms with Gasteiger partial charge in [0.25, 0.3) is 0 Å². The second kappa shape index (κ2) is 13.0. The number of hydrogen-bond acceptors (Lipinski definition) is 7. The van der Waals surface area contributed by atoms with Gasteiger partial charge in [0.15, 0.2) is 0 Å². The number of pyridine rings is 1. The third-order valence-electron chi connectivity index (χ3n) is 8.27. The Kier molecular flexibility index (Phi) is 9.38. The van der Waals surface area contributed by atoms with Crippen LogP contribution in [0.2, 0.25) is 5.02 Å². The first-order chi connectivity index (χ1) is 20.1. The third kappa shape index (κ3) is 7.42. The number of halogens is 1. The summed E-state index contributed by atoms with van der Waals surface area (Å²) in [5.41, 5.74) is 3.10. The van der Waals surface area contributed by atoms with Crippen LogP contribution in [0, 0.1) is 5.92 Å². The van der Waals surface area contributed by atoms with Crippen LogP contribution in [0.4, 0.5) is 10.5 Å². The van der Waals surface area contributed by atoms with Gasteiger partial charge < -0.3 is 34.1 Å². The van der Waals surface area contributed by atoms with Gasteiger partial charge in [0.05, 0.1) is 24.9 Å². The smallest absolute Gasteiger partial charge is 0.410 e. The van der Waals surface area contributed by atoms with Gasteiger partial charge in [0.1, 0.15) is 22.7 Å². The lowest BCUT2D eigenvalue weighted by Crippen LogP contribution is -2.45. The molecule has 1 aromatic carbocycles. The molecule has 42 heavy (non-hydrogen) atoms. The van der Waals surface area contributed by atoms with E-state index in [1.807, 2.05) is 48.5 Å². The van der Waals surface area contributed by atoms with Crippen molar-refractivity contribution in [3.63, 3.8) is 0 Å². The van der Waals surface area contributed by atoms with E-state index >= 15 is 0 Å². The van der Waals surface area contributed by atoms with Crippen molar-refractivity contribution < 1.29 is 19.0 Å². The number of methoxy groups -OCH3 is 2. The average Bonchev–Trinajstić information content (AvgIpc) is 3.39. The number of aromatic nitrogens is 2. The summed E-state index contributed by atoms with van der Waals surface area (Å²) in [6, 6.07) is 8.81. The van der Waals surface area contributed by atoms with Crippen molar-refractivity contribution >= 4 is 29.0 Å². The van der Waals surface area contributed by atoms with E-state index in [1.54, 1.807) is 20.3 Å². The van der Waals surface area contributed by atoms with Crippen LogP contribution >= 0.6 is 11.6 Å². The number of anilines is 1. The zero-order valence-electron chi connectivity index (χ0n) is 25.4. The molecule has 2 aromatic heterocycles. The first-order valence-corrected chi connectivity index (χ1v) is 15.4. The Morgan fingerprint density at radius 1 is 1.00 bits per heavy atom. The van der Waals surface area contributed by atoms with Crippen LogP contribution in [0.5, 0.6) is 11.5 Å². The fraction of sp³-hybridized carbons (Fsp3) is 0.562. The predicted octanol–water partition coefficient (Wildman–Crippen LogP) is 6.63. The molecule has 0 bridgehead atoms. The maximum atomic E-state index is 12.3. The number of carbonyl (C=O) groups is 1. The van der Waals surface area contributed by atoms with Crippen LogP contribution in [0.1, 0.15) is 59.3 Å². The first kappa shape index (κ1) is 30.3. The van der Waals surface area contributed by atoms with Gasteiger partial charge in [-0.2, -0.15) is 0 Å². The number of imidazole rings is 1. The van der Waals surface area contributed by atoms with E-state index in [9.17, 15) is 4.79 Å².